The second-order valence-electron chi connectivity index (χ2n) is 4.60. The van der Waals surface area contributed by atoms with E-state index in [0.717, 1.165) is 32.6 Å². The van der Waals surface area contributed by atoms with Crippen LogP contribution in [0.2, 0.25) is 0 Å². The molecule has 0 heterocycles. The highest BCUT2D eigenvalue weighted by Crippen LogP contribution is 2.02. The lowest BCUT2D eigenvalue weighted by molar-refractivity contribution is 0.296. The molecule has 3 heteroatoms. The summed E-state index contributed by atoms with van der Waals surface area (Å²) in [7, 11) is 0. The first-order valence-corrected chi connectivity index (χ1v) is 6.99. The molecule has 0 saturated carbocycles. The first-order valence-electron chi connectivity index (χ1n) is 6.99. The quantitative estimate of drug-likeness (QED) is 0.697. The van der Waals surface area contributed by atoms with Crippen LogP contribution < -0.4 is 11.1 Å². The monoisotopic (exact) mass is 249 g/mol. The van der Waals surface area contributed by atoms with Crippen LogP contribution in [0.1, 0.15) is 19.4 Å². The molecular formula is C15H27N3. The van der Waals surface area contributed by atoms with Crippen molar-refractivity contribution in [1.82, 2.24) is 10.2 Å². The zero-order chi connectivity index (χ0) is 13.2. The molecule has 102 valence electrons. The molecule has 0 saturated heterocycles. The Hall–Kier alpha value is -0.900. The van der Waals surface area contributed by atoms with Crippen LogP contribution in [-0.2, 0) is 6.42 Å². The summed E-state index contributed by atoms with van der Waals surface area (Å²) in [6.07, 6.45) is 1.01. The third-order valence-corrected chi connectivity index (χ3v) is 3.36. The van der Waals surface area contributed by atoms with Crippen molar-refractivity contribution in [3.63, 3.8) is 0 Å². The van der Waals surface area contributed by atoms with Crippen LogP contribution in [0.3, 0.4) is 0 Å². The number of nitrogens with zero attached hydrogens (tertiary/aromatic N) is 1. The van der Waals surface area contributed by atoms with Gasteiger partial charge in [0.05, 0.1) is 0 Å². The van der Waals surface area contributed by atoms with Gasteiger partial charge < -0.3 is 16.0 Å². The maximum atomic E-state index is 5.83. The van der Waals surface area contributed by atoms with Gasteiger partial charge in [0.15, 0.2) is 0 Å². The van der Waals surface area contributed by atoms with Crippen LogP contribution in [0.5, 0.6) is 0 Å². The molecule has 0 aliphatic carbocycles. The highest BCUT2D eigenvalue weighted by atomic mass is 15.1. The summed E-state index contributed by atoms with van der Waals surface area (Å²) >= 11 is 0. The van der Waals surface area contributed by atoms with Crippen molar-refractivity contribution in [1.29, 1.82) is 0 Å². The van der Waals surface area contributed by atoms with Crippen molar-refractivity contribution in [2.24, 2.45) is 5.73 Å². The Labute approximate surface area is 111 Å². The van der Waals surface area contributed by atoms with Gasteiger partial charge in [0.1, 0.15) is 0 Å². The molecular weight excluding hydrogens is 222 g/mol. The predicted octanol–water partition coefficient (Wildman–Crippen LogP) is 1.49. The second-order valence-corrected chi connectivity index (χ2v) is 4.60. The van der Waals surface area contributed by atoms with Crippen molar-refractivity contribution in [3.8, 4) is 0 Å². The highest BCUT2D eigenvalue weighted by molar-refractivity contribution is 5.15. The number of benzene rings is 1. The molecule has 1 aromatic rings. The predicted molar refractivity (Wildman–Crippen MR) is 78.8 cm³/mol. The van der Waals surface area contributed by atoms with Gasteiger partial charge in [0.2, 0.25) is 0 Å². The first-order chi connectivity index (χ1) is 8.80. The Balaban J connectivity index is 2.29. The van der Waals surface area contributed by atoms with Gasteiger partial charge in [-0.25, -0.2) is 0 Å². The Morgan fingerprint density at radius 1 is 1.17 bits per heavy atom. The molecule has 1 unspecified atom stereocenters. The van der Waals surface area contributed by atoms with E-state index in [0.29, 0.717) is 12.6 Å². The lowest BCUT2D eigenvalue weighted by atomic mass is 10.1. The molecule has 0 bridgehead atoms. The van der Waals surface area contributed by atoms with Crippen LogP contribution in [0, 0.1) is 0 Å². The number of hydrogen-bond acceptors (Lipinski definition) is 3. The van der Waals surface area contributed by atoms with E-state index in [2.05, 4.69) is 54.4 Å². The number of nitrogens with two attached hydrogens (primary N) is 1. The van der Waals surface area contributed by atoms with Gasteiger partial charge in [0, 0.05) is 25.7 Å². The molecule has 0 aliphatic rings. The van der Waals surface area contributed by atoms with Crippen LogP contribution in [-0.4, -0.2) is 43.7 Å². The summed E-state index contributed by atoms with van der Waals surface area (Å²) in [4.78, 5) is 2.42. The van der Waals surface area contributed by atoms with Gasteiger partial charge in [-0.3, -0.25) is 0 Å². The normalized spacial score (nSPS) is 12.9. The molecule has 3 N–H and O–H groups in total. The van der Waals surface area contributed by atoms with Crippen molar-refractivity contribution in [2.75, 3.05) is 32.7 Å². The standard InChI is InChI=1S/C15H27N3/c1-3-18(4-2)11-10-17-15(13-16)12-14-8-6-5-7-9-14/h5-9,15,17H,3-4,10-13,16H2,1-2H3. The van der Waals surface area contributed by atoms with Crippen LogP contribution in [0.25, 0.3) is 0 Å². The molecule has 0 amide bonds. The summed E-state index contributed by atoms with van der Waals surface area (Å²) in [5, 5.41) is 3.55. The summed E-state index contributed by atoms with van der Waals surface area (Å²) in [6.45, 7) is 9.43. The fraction of sp³-hybridized carbons (Fsp3) is 0.600. The number of likely N-dealkylation sites (N-methyl/N-ethyl adjacent to an activating group) is 1. The van der Waals surface area contributed by atoms with Gasteiger partial charge in [-0.05, 0) is 25.1 Å². The zero-order valence-electron chi connectivity index (χ0n) is 11.7. The van der Waals surface area contributed by atoms with Gasteiger partial charge in [-0.2, -0.15) is 0 Å². The van der Waals surface area contributed by atoms with E-state index < -0.39 is 0 Å². The number of rotatable bonds is 9. The Kier molecular flexibility index (Phi) is 7.65. The molecule has 0 aromatic heterocycles. The van der Waals surface area contributed by atoms with E-state index in [1.807, 2.05) is 0 Å². The highest BCUT2D eigenvalue weighted by Gasteiger charge is 2.07. The van der Waals surface area contributed by atoms with Crippen molar-refractivity contribution in [3.05, 3.63) is 35.9 Å². The summed E-state index contributed by atoms with van der Waals surface area (Å²) in [6, 6.07) is 10.9. The van der Waals surface area contributed by atoms with Crippen molar-refractivity contribution < 1.29 is 0 Å². The first kappa shape index (κ1) is 15.2. The van der Waals surface area contributed by atoms with Gasteiger partial charge in [-0.15, -0.1) is 0 Å². The fourth-order valence-corrected chi connectivity index (χ4v) is 2.10. The average molecular weight is 249 g/mol. The molecule has 0 fully saturated rings. The smallest absolute Gasteiger partial charge is 0.0231 e. The summed E-state index contributed by atoms with van der Waals surface area (Å²) in [5.41, 5.74) is 7.18. The zero-order valence-corrected chi connectivity index (χ0v) is 11.7. The summed E-state index contributed by atoms with van der Waals surface area (Å²) < 4.78 is 0. The van der Waals surface area contributed by atoms with Crippen LogP contribution in [0.4, 0.5) is 0 Å². The minimum absolute atomic E-state index is 0.378. The summed E-state index contributed by atoms with van der Waals surface area (Å²) in [5.74, 6) is 0. The third kappa shape index (κ3) is 5.63. The minimum atomic E-state index is 0.378. The minimum Gasteiger partial charge on any atom is -0.329 e. The van der Waals surface area contributed by atoms with Gasteiger partial charge in [0.25, 0.3) is 0 Å². The maximum Gasteiger partial charge on any atom is 0.0231 e. The van der Waals surface area contributed by atoms with Crippen LogP contribution >= 0.6 is 0 Å². The van der Waals surface area contributed by atoms with Crippen molar-refractivity contribution >= 4 is 0 Å². The van der Waals surface area contributed by atoms with E-state index >= 15 is 0 Å². The number of nitrogens with one attached hydrogen (secondary N) is 1. The Bertz CT molecular complexity index is 296. The largest absolute Gasteiger partial charge is 0.329 e. The topological polar surface area (TPSA) is 41.3 Å². The third-order valence-electron chi connectivity index (χ3n) is 3.36. The Morgan fingerprint density at radius 3 is 2.39 bits per heavy atom. The van der Waals surface area contributed by atoms with E-state index in [-0.39, 0.29) is 0 Å². The SMILES string of the molecule is CCN(CC)CCNC(CN)Cc1ccccc1. The molecule has 1 atom stereocenters. The molecule has 3 nitrogen and oxygen atoms in total. The van der Waals surface area contributed by atoms with Crippen LogP contribution in [0.15, 0.2) is 30.3 Å². The molecule has 0 spiro atoms. The molecule has 1 rings (SSSR count). The molecule has 18 heavy (non-hydrogen) atoms. The van der Waals surface area contributed by atoms with Gasteiger partial charge in [-0.1, -0.05) is 44.2 Å². The van der Waals surface area contributed by atoms with Crippen molar-refractivity contribution in [2.45, 2.75) is 26.3 Å². The van der Waals surface area contributed by atoms with E-state index in [9.17, 15) is 0 Å². The lowest BCUT2D eigenvalue weighted by Crippen LogP contribution is -2.42. The van der Waals surface area contributed by atoms with E-state index in [1.165, 1.54) is 5.56 Å². The second kappa shape index (κ2) is 9.09. The fourth-order valence-electron chi connectivity index (χ4n) is 2.10. The average Bonchev–Trinajstić information content (AvgIpc) is 2.43. The lowest BCUT2D eigenvalue weighted by Gasteiger charge is -2.21. The molecule has 0 radical (unpaired) electrons. The van der Waals surface area contributed by atoms with E-state index in [4.69, 9.17) is 5.73 Å². The Morgan fingerprint density at radius 2 is 1.83 bits per heavy atom. The molecule has 0 aliphatic heterocycles. The van der Waals surface area contributed by atoms with E-state index in [1.54, 1.807) is 0 Å². The molecule has 1 aromatic carbocycles. The van der Waals surface area contributed by atoms with Gasteiger partial charge >= 0.3 is 0 Å². The maximum absolute atomic E-state index is 5.83. The number of hydrogen-bond donors (Lipinski definition) is 2.